The van der Waals surface area contributed by atoms with Gasteiger partial charge in [-0.2, -0.15) is 0 Å². The summed E-state index contributed by atoms with van der Waals surface area (Å²) in [5, 5.41) is 3.83. The van der Waals surface area contributed by atoms with E-state index < -0.39 is 0 Å². The minimum atomic E-state index is -0.120. The van der Waals surface area contributed by atoms with Crippen LogP contribution in [0.5, 0.6) is 11.5 Å². The van der Waals surface area contributed by atoms with E-state index in [2.05, 4.69) is 5.16 Å². The Bertz CT molecular complexity index is 805. The van der Waals surface area contributed by atoms with Crippen LogP contribution < -0.4 is 9.47 Å². The first-order chi connectivity index (χ1) is 13.0. The van der Waals surface area contributed by atoms with Gasteiger partial charge in [-0.3, -0.25) is 9.59 Å². The normalized spacial score (nSPS) is 14.2. The van der Waals surface area contributed by atoms with Crippen molar-refractivity contribution >= 4 is 11.8 Å². The number of carbonyl (C=O) groups excluding carboxylic acids is 2. The van der Waals surface area contributed by atoms with Gasteiger partial charge in [-0.25, -0.2) is 0 Å². The van der Waals surface area contributed by atoms with Gasteiger partial charge in [-0.15, -0.1) is 0 Å². The molecule has 1 aromatic heterocycles. The summed E-state index contributed by atoms with van der Waals surface area (Å²) in [5.74, 6) is 1.40. The zero-order valence-electron chi connectivity index (χ0n) is 15.7. The van der Waals surface area contributed by atoms with E-state index in [1.165, 1.54) is 0 Å². The fourth-order valence-electron chi connectivity index (χ4n) is 3.07. The van der Waals surface area contributed by atoms with E-state index in [4.69, 9.17) is 14.0 Å². The highest BCUT2D eigenvalue weighted by molar-refractivity contribution is 5.96. The first-order valence-corrected chi connectivity index (χ1v) is 8.77. The highest BCUT2D eigenvalue weighted by atomic mass is 16.5. The van der Waals surface area contributed by atoms with Gasteiger partial charge in [-0.1, -0.05) is 17.3 Å². The van der Waals surface area contributed by atoms with E-state index in [-0.39, 0.29) is 18.4 Å². The quantitative estimate of drug-likeness (QED) is 0.793. The largest absolute Gasteiger partial charge is 0.493 e. The van der Waals surface area contributed by atoms with Crippen molar-refractivity contribution in [1.82, 2.24) is 15.0 Å². The molecular weight excluding hydrogens is 350 g/mol. The Morgan fingerprint density at radius 2 is 1.70 bits per heavy atom. The van der Waals surface area contributed by atoms with E-state index in [0.29, 0.717) is 54.7 Å². The van der Waals surface area contributed by atoms with Crippen LogP contribution in [-0.4, -0.2) is 66.7 Å². The maximum atomic E-state index is 12.6. The van der Waals surface area contributed by atoms with Crippen LogP contribution in [0.15, 0.2) is 28.8 Å². The molecule has 0 saturated carbocycles. The fourth-order valence-corrected chi connectivity index (χ4v) is 3.07. The molecule has 2 aromatic rings. The molecule has 0 spiro atoms. The van der Waals surface area contributed by atoms with Crippen LogP contribution in [-0.2, 0) is 4.79 Å². The summed E-state index contributed by atoms with van der Waals surface area (Å²) in [6, 6.07) is 7.19. The topological polar surface area (TPSA) is 85.1 Å². The van der Waals surface area contributed by atoms with E-state index in [9.17, 15) is 9.59 Å². The summed E-state index contributed by atoms with van der Waals surface area (Å²) < 4.78 is 15.9. The molecule has 2 amide bonds. The van der Waals surface area contributed by atoms with Crippen molar-refractivity contribution < 1.29 is 23.6 Å². The molecule has 8 heteroatoms. The molecule has 0 unspecified atom stereocenters. The standard InChI is InChI=1S/C19H23N3O5/c1-13-18(14(2)27-20-13)19(24)22-10-8-21(9-11-22)17(23)12-26-16-7-5-4-6-15(16)25-3/h4-7H,8-12H2,1-3H3. The van der Waals surface area contributed by atoms with Crippen molar-refractivity contribution in [2.75, 3.05) is 39.9 Å². The van der Waals surface area contributed by atoms with Crippen molar-refractivity contribution in [3.63, 3.8) is 0 Å². The number of para-hydroxylation sites is 2. The Labute approximate surface area is 157 Å². The summed E-state index contributed by atoms with van der Waals surface area (Å²) >= 11 is 0. The number of rotatable bonds is 5. The van der Waals surface area contributed by atoms with E-state index in [1.54, 1.807) is 42.9 Å². The van der Waals surface area contributed by atoms with Crippen molar-refractivity contribution in [1.29, 1.82) is 0 Å². The van der Waals surface area contributed by atoms with Gasteiger partial charge in [0.15, 0.2) is 18.1 Å². The number of piperazine rings is 1. The second-order valence-electron chi connectivity index (χ2n) is 6.31. The van der Waals surface area contributed by atoms with Crippen LogP contribution in [0.4, 0.5) is 0 Å². The van der Waals surface area contributed by atoms with Gasteiger partial charge in [0, 0.05) is 26.2 Å². The summed E-state index contributed by atoms with van der Waals surface area (Å²) in [6.45, 7) is 5.25. The molecule has 1 aliphatic rings. The Kier molecular flexibility index (Phi) is 5.63. The second kappa shape index (κ2) is 8.11. The van der Waals surface area contributed by atoms with Gasteiger partial charge >= 0.3 is 0 Å². The average molecular weight is 373 g/mol. The number of carbonyl (C=O) groups is 2. The summed E-state index contributed by atoms with van der Waals surface area (Å²) in [7, 11) is 1.55. The van der Waals surface area contributed by atoms with Gasteiger partial charge in [0.1, 0.15) is 11.3 Å². The number of benzene rings is 1. The lowest BCUT2D eigenvalue weighted by Crippen LogP contribution is -2.51. The molecule has 1 aromatic carbocycles. The molecule has 0 bridgehead atoms. The van der Waals surface area contributed by atoms with Gasteiger partial charge in [-0.05, 0) is 26.0 Å². The Morgan fingerprint density at radius 1 is 1.07 bits per heavy atom. The van der Waals surface area contributed by atoms with Crippen molar-refractivity contribution in [2.45, 2.75) is 13.8 Å². The fraction of sp³-hybridized carbons (Fsp3) is 0.421. The number of hydrogen-bond donors (Lipinski definition) is 0. The number of aromatic nitrogens is 1. The molecule has 1 saturated heterocycles. The van der Waals surface area contributed by atoms with Gasteiger partial charge in [0.25, 0.3) is 11.8 Å². The molecule has 8 nitrogen and oxygen atoms in total. The predicted molar refractivity (Wildman–Crippen MR) is 96.9 cm³/mol. The smallest absolute Gasteiger partial charge is 0.260 e. The maximum absolute atomic E-state index is 12.6. The number of ether oxygens (including phenoxy) is 2. The number of methoxy groups -OCH3 is 1. The van der Waals surface area contributed by atoms with Crippen LogP contribution >= 0.6 is 0 Å². The third-order valence-corrected chi connectivity index (χ3v) is 4.59. The molecular formula is C19H23N3O5. The van der Waals surface area contributed by atoms with Gasteiger partial charge < -0.3 is 23.8 Å². The Morgan fingerprint density at radius 3 is 2.30 bits per heavy atom. The lowest BCUT2D eigenvalue weighted by Gasteiger charge is -2.34. The zero-order chi connectivity index (χ0) is 19.4. The zero-order valence-corrected chi connectivity index (χ0v) is 15.7. The minimum Gasteiger partial charge on any atom is -0.493 e. The van der Waals surface area contributed by atoms with E-state index in [0.717, 1.165) is 0 Å². The Hall–Kier alpha value is -3.03. The molecule has 0 radical (unpaired) electrons. The maximum Gasteiger partial charge on any atom is 0.260 e. The molecule has 0 N–H and O–H groups in total. The Balaban J connectivity index is 1.53. The lowest BCUT2D eigenvalue weighted by molar-refractivity contribution is -0.134. The van der Waals surface area contributed by atoms with Crippen LogP contribution in [0.2, 0.25) is 0 Å². The number of aryl methyl sites for hydroxylation is 2. The molecule has 27 heavy (non-hydrogen) atoms. The number of nitrogens with zero attached hydrogens (tertiary/aromatic N) is 3. The molecule has 0 aliphatic carbocycles. The van der Waals surface area contributed by atoms with Crippen molar-refractivity contribution in [2.24, 2.45) is 0 Å². The molecule has 1 aliphatic heterocycles. The van der Waals surface area contributed by atoms with E-state index >= 15 is 0 Å². The molecule has 144 valence electrons. The molecule has 3 rings (SSSR count). The first-order valence-electron chi connectivity index (χ1n) is 8.77. The highest BCUT2D eigenvalue weighted by Crippen LogP contribution is 2.25. The summed E-state index contributed by atoms with van der Waals surface area (Å²) in [6.07, 6.45) is 0. The second-order valence-corrected chi connectivity index (χ2v) is 6.31. The molecule has 1 fully saturated rings. The average Bonchev–Trinajstić information content (AvgIpc) is 3.04. The first kappa shape index (κ1) is 18.8. The highest BCUT2D eigenvalue weighted by Gasteiger charge is 2.28. The lowest BCUT2D eigenvalue weighted by atomic mass is 10.1. The van der Waals surface area contributed by atoms with Gasteiger partial charge in [0.2, 0.25) is 0 Å². The van der Waals surface area contributed by atoms with Crippen LogP contribution in [0, 0.1) is 13.8 Å². The van der Waals surface area contributed by atoms with Crippen LogP contribution in [0.1, 0.15) is 21.8 Å². The minimum absolute atomic E-state index is 0.0712. The molecule has 0 atom stereocenters. The number of amides is 2. The summed E-state index contributed by atoms with van der Waals surface area (Å²) in [4.78, 5) is 28.5. The van der Waals surface area contributed by atoms with Crippen molar-refractivity contribution in [3.8, 4) is 11.5 Å². The monoisotopic (exact) mass is 373 g/mol. The molecule has 2 heterocycles. The SMILES string of the molecule is COc1ccccc1OCC(=O)N1CCN(C(=O)c2c(C)noc2C)CC1. The van der Waals surface area contributed by atoms with Gasteiger partial charge in [0.05, 0.1) is 12.8 Å². The number of hydrogen-bond acceptors (Lipinski definition) is 6. The van der Waals surface area contributed by atoms with Crippen LogP contribution in [0.25, 0.3) is 0 Å². The van der Waals surface area contributed by atoms with Crippen molar-refractivity contribution in [3.05, 3.63) is 41.3 Å². The van der Waals surface area contributed by atoms with Crippen LogP contribution in [0.3, 0.4) is 0 Å². The predicted octanol–water partition coefficient (Wildman–Crippen LogP) is 1.66. The third kappa shape index (κ3) is 4.05. The summed E-state index contributed by atoms with van der Waals surface area (Å²) in [5.41, 5.74) is 1.09. The van der Waals surface area contributed by atoms with E-state index in [1.807, 2.05) is 12.1 Å². The third-order valence-electron chi connectivity index (χ3n) is 4.59.